The number of hydrogen-bond donors (Lipinski definition) is 2. The molecule has 0 aromatic carbocycles. The molecule has 0 bridgehead atoms. The molecule has 0 radical (unpaired) electrons. The van der Waals surface area contributed by atoms with Crippen LogP contribution in [0.5, 0.6) is 0 Å². The number of allylic oxidation sites excluding steroid dienone is 2. The van der Waals surface area contributed by atoms with Gasteiger partial charge in [-0.1, -0.05) is 264 Å². The molecule has 2 N–H and O–H groups in total. The second-order valence-corrected chi connectivity index (χ2v) is 22.3. The first kappa shape index (κ1) is 70.2. The lowest BCUT2D eigenvalue weighted by Crippen LogP contribution is -2.30. The number of unbranched alkanes of at least 4 members (excludes halogenated alkanes) is 39. The van der Waals surface area contributed by atoms with Crippen molar-refractivity contribution >= 4 is 25.7 Å². The van der Waals surface area contributed by atoms with Crippen molar-refractivity contribution in [2.75, 3.05) is 26.4 Å². The van der Waals surface area contributed by atoms with Gasteiger partial charge in [-0.2, -0.15) is 0 Å². The Kier molecular flexibility index (Phi) is 54.1. The summed E-state index contributed by atoms with van der Waals surface area (Å²) in [5.41, 5.74) is 0. The molecule has 11 nitrogen and oxygen atoms in total. The minimum Gasteiger partial charge on any atom is -0.462 e. The highest BCUT2D eigenvalue weighted by atomic mass is 31.2. The summed E-state index contributed by atoms with van der Waals surface area (Å²) in [6, 6.07) is 0. The molecule has 0 spiro atoms. The number of esters is 3. The first-order chi connectivity index (χ1) is 35.2. The van der Waals surface area contributed by atoms with Gasteiger partial charge in [0.15, 0.2) is 6.10 Å². The van der Waals surface area contributed by atoms with Crippen LogP contribution < -0.4 is 0 Å². The van der Waals surface area contributed by atoms with Crippen molar-refractivity contribution < 1.29 is 52.2 Å². The van der Waals surface area contributed by atoms with Crippen LogP contribution in [0.25, 0.3) is 0 Å². The fraction of sp³-hybridized carbons (Fsp3) is 0.917. The van der Waals surface area contributed by atoms with Gasteiger partial charge in [-0.05, 0) is 44.9 Å². The fourth-order valence-corrected chi connectivity index (χ4v) is 9.78. The maximum absolute atomic E-state index is 12.9. The molecule has 426 valence electrons. The number of phosphoric acid groups is 1. The van der Waals surface area contributed by atoms with E-state index in [4.69, 9.17) is 23.3 Å². The van der Waals surface area contributed by atoms with Gasteiger partial charge in [0.2, 0.25) is 0 Å². The van der Waals surface area contributed by atoms with E-state index in [0.717, 1.165) is 57.8 Å². The Hall–Kier alpha value is -1.78. The quantitative estimate of drug-likeness (QED) is 0.0197. The molecule has 0 rings (SSSR count). The fourth-order valence-electron chi connectivity index (χ4n) is 9.00. The molecule has 0 heterocycles. The Labute approximate surface area is 443 Å². The van der Waals surface area contributed by atoms with Gasteiger partial charge in [0, 0.05) is 19.3 Å². The topological polar surface area (TPSA) is 155 Å². The Morgan fingerprint density at radius 2 is 0.639 bits per heavy atom. The maximum Gasteiger partial charge on any atom is 0.472 e. The third-order valence-electron chi connectivity index (χ3n) is 13.7. The molecule has 0 aromatic rings. The van der Waals surface area contributed by atoms with Crippen molar-refractivity contribution in [3.8, 4) is 0 Å². The summed E-state index contributed by atoms with van der Waals surface area (Å²) in [4.78, 5) is 48.5. The molecule has 0 aliphatic carbocycles. The SMILES string of the molecule is CCCCCCCC/C=C\CCCCCCCCCCCC(=O)OC(COC(=O)CCCCCCCCCCCCC)COP(=O)(O)OCC(CO)OC(=O)CCCCCCCCCCCCCCCCC. The van der Waals surface area contributed by atoms with Gasteiger partial charge in [-0.3, -0.25) is 23.4 Å². The summed E-state index contributed by atoms with van der Waals surface area (Å²) in [5, 5.41) is 9.82. The van der Waals surface area contributed by atoms with Crippen molar-refractivity contribution in [1.29, 1.82) is 0 Å². The number of phosphoric ester groups is 1. The zero-order valence-corrected chi connectivity index (χ0v) is 48.1. The molecule has 72 heavy (non-hydrogen) atoms. The summed E-state index contributed by atoms with van der Waals surface area (Å²) in [6.45, 7) is 4.70. The van der Waals surface area contributed by atoms with Gasteiger partial charge < -0.3 is 24.2 Å². The second kappa shape index (κ2) is 55.5. The Morgan fingerprint density at radius 1 is 0.375 bits per heavy atom. The number of carbonyl (C=O) groups is 3. The summed E-state index contributed by atoms with van der Waals surface area (Å²) >= 11 is 0. The number of aliphatic hydroxyl groups is 1. The lowest BCUT2D eigenvalue weighted by atomic mass is 10.0. The van der Waals surface area contributed by atoms with Crippen LogP contribution in [0.2, 0.25) is 0 Å². The average Bonchev–Trinajstić information content (AvgIpc) is 3.37. The molecule has 0 saturated carbocycles. The summed E-state index contributed by atoms with van der Waals surface area (Å²) in [5.74, 6) is -1.44. The minimum atomic E-state index is -4.74. The number of rotatable bonds is 58. The van der Waals surface area contributed by atoms with E-state index in [1.165, 1.54) is 199 Å². The highest BCUT2D eigenvalue weighted by molar-refractivity contribution is 7.47. The van der Waals surface area contributed by atoms with E-state index in [0.29, 0.717) is 19.3 Å². The van der Waals surface area contributed by atoms with E-state index in [-0.39, 0.29) is 25.9 Å². The van der Waals surface area contributed by atoms with Crippen LogP contribution >= 0.6 is 7.82 Å². The first-order valence-corrected chi connectivity index (χ1v) is 32.1. The number of carbonyl (C=O) groups excluding carboxylic acids is 3. The van der Waals surface area contributed by atoms with E-state index in [1.54, 1.807) is 0 Å². The second-order valence-electron chi connectivity index (χ2n) is 20.9. The predicted octanol–water partition coefficient (Wildman–Crippen LogP) is 18.0. The van der Waals surface area contributed by atoms with Crippen LogP contribution in [0.3, 0.4) is 0 Å². The largest absolute Gasteiger partial charge is 0.472 e. The normalized spacial score (nSPS) is 13.3. The van der Waals surface area contributed by atoms with Gasteiger partial charge in [-0.25, -0.2) is 4.57 Å². The maximum atomic E-state index is 12.9. The summed E-state index contributed by atoms with van der Waals surface area (Å²) < 4.78 is 39.6. The lowest BCUT2D eigenvalue weighted by molar-refractivity contribution is -0.161. The molecule has 0 amide bonds. The number of hydrogen-bond acceptors (Lipinski definition) is 10. The third kappa shape index (κ3) is 53.1. The Balaban J connectivity index is 4.61. The molecule has 3 atom stereocenters. The zero-order chi connectivity index (χ0) is 52.7. The molecule has 0 saturated heterocycles. The number of ether oxygens (including phenoxy) is 3. The molecule has 0 aromatic heterocycles. The van der Waals surface area contributed by atoms with E-state index < -0.39 is 57.8 Å². The highest BCUT2D eigenvalue weighted by Crippen LogP contribution is 2.43. The van der Waals surface area contributed by atoms with Crippen LogP contribution in [0.15, 0.2) is 12.2 Å². The monoisotopic (exact) mass is 1040 g/mol. The van der Waals surface area contributed by atoms with Gasteiger partial charge >= 0.3 is 25.7 Å². The van der Waals surface area contributed by atoms with Crippen LogP contribution in [0.1, 0.15) is 316 Å². The van der Waals surface area contributed by atoms with Gasteiger partial charge in [0.25, 0.3) is 0 Å². The molecule has 0 aliphatic heterocycles. The van der Waals surface area contributed by atoms with Crippen molar-refractivity contribution in [2.24, 2.45) is 0 Å². The van der Waals surface area contributed by atoms with Crippen LogP contribution in [0, 0.1) is 0 Å². The lowest BCUT2D eigenvalue weighted by Gasteiger charge is -2.21. The molecule has 0 fully saturated rings. The summed E-state index contributed by atoms with van der Waals surface area (Å²) in [6.07, 6.45) is 54.5. The van der Waals surface area contributed by atoms with Crippen molar-refractivity contribution in [3.63, 3.8) is 0 Å². The molecule has 12 heteroatoms. The average molecular weight is 1040 g/mol. The van der Waals surface area contributed by atoms with Gasteiger partial charge in [-0.15, -0.1) is 0 Å². The van der Waals surface area contributed by atoms with Crippen molar-refractivity contribution in [1.82, 2.24) is 0 Å². The van der Waals surface area contributed by atoms with E-state index in [9.17, 15) is 28.9 Å². The molecule has 3 unspecified atom stereocenters. The third-order valence-corrected chi connectivity index (χ3v) is 14.6. The van der Waals surface area contributed by atoms with Crippen LogP contribution in [-0.2, 0) is 42.2 Å². The van der Waals surface area contributed by atoms with Crippen LogP contribution in [0.4, 0.5) is 0 Å². The first-order valence-electron chi connectivity index (χ1n) is 30.6. The van der Waals surface area contributed by atoms with Gasteiger partial charge in [0.1, 0.15) is 12.7 Å². The van der Waals surface area contributed by atoms with Crippen molar-refractivity contribution in [3.05, 3.63) is 12.2 Å². The van der Waals surface area contributed by atoms with Crippen molar-refractivity contribution in [2.45, 2.75) is 328 Å². The molecular formula is C60H115O11P. The number of aliphatic hydroxyl groups excluding tert-OH is 1. The Morgan fingerprint density at radius 3 is 0.958 bits per heavy atom. The molecule has 0 aliphatic rings. The van der Waals surface area contributed by atoms with E-state index >= 15 is 0 Å². The minimum absolute atomic E-state index is 0.172. The molecular weight excluding hydrogens is 928 g/mol. The van der Waals surface area contributed by atoms with E-state index in [2.05, 4.69) is 32.9 Å². The summed E-state index contributed by atoms with van der Waals surface area (Å²) in [7, 11) is -4.74. The Bertz CT molecular complexity index is 1260. The predicted molar refractivity (Wildman–Crippen MR) is 298 cm³/mol. The standard InChI is InChI=1S/C60H115O11P/c1-4-7-10-13-16-19-22-24-26-27-28-29-31-33-36-39-42-45-48-51-60(64)71-57(53-67-58(62)49-46-43-40-37-34-21-18-15-12-9-6-3)55-69-72(65,66)68-54-56(52-61)70-59(63)50-47-44-41-38-35-32-30-25-23-20-17-14-11-8-5-2/h24,26,56-57,61H,4-23,25,27-55H2,1-3H3,(H,65,66)/b26-24-. The highest BCUT2D eigenvalue weighted by Gasteiger charge is 2.28. The zero-order valence-electron chi connectivity index (χ0n) is 47.2. The van der Waals surface area contributed by atoms with Gasteiger partial charge in [0.05, 0.1) is 19.8 Å². The van der Waals surface area contributed by atoms with Crippen LogP contribution in [-0.4, -0.2) is 66.5 Å². The smallest absolute Gasteiger partial charge is 0.462 e. The van der Waals surface area contributed by atoms with E-state index in [1.807, 2.05) is 0 Å².